The second-order valence-electron chi connectivity index (χ2n) is 5.45. The summed E-state index contributed by atoms with van der Waals surface area (Å²) < 4.78 is 5.94. The minimum Gasteiger partial charge on any atom is -0.457 e. The molecule has 0 saturated heterocycles. The van der Waals surface area contributed by atoms with E-state index in [2.05, 4.69) is 0 Å². The van der Waals surface area contributed by atoms with E-state index < -0.39 is 0 Å². The molecule has 1 aliphatic carbocycles. The summed E-state index contributed by atoms with van der Waals surface area (Å²) in [6.45, 7) is 0. The summed E-state index contributed by atoms with van der Waals surface area (Å²) in [6, 6.07) is 14.9. The third kappa shape index (κ3) is 2.96. The van der Waals surface area contributed by atoms with Gasteiger partial charge >= 0.3 is 0 Å². The van der Waals surface area contributed by atoms with E-state index in [1.54, 1.807) is 12.1 Å². The number of ether oxygens (including phenoxy) is 1. The molecule has 0 atom stereocenters. The molecule has 0 spiro atoms. The highest BCUT2D eigenvalue weighted by Crippen LogP contribution is 2.40. The van der Waals surface area contributed by atoms with Crippen molar-refractivity contribution in [2.24, 2.45) is 0 Å². The largest absolute Gasteiger partial charge is 0.457 e. The average molecular weight is 267 g/mol. The summed E-state index contributed by atoms with van der Waals surface area (Å²) in [5, 5.41) is 11.6. The van der Waals surface area contributed by atoms with Crippen molar-refractivity contribution in [1.29, 1.82) is 0 Å². The van der Waals surface area contributed by atoms with Gasteiger partial charge in [0.1, 0.15) is 11.5 Å². The highest BCUT2D eigenvalue weighted by Gasteiger charge is 2.20. The predicted octanol–water partition coefficient (Wildman–Crippen LogP) is 5.67. The normalized spacial score (nSPS) is 16.0. The summed E-state index contributed by atoms with van der Waals surface area (Å²) in [6.07, 6.45) is 6.26. The van der Waals surface area contributed by atoms with Crippen molar-refractivity contribution < 1.29 is 9.84 Å². The van der Waals surface area contributed by atoms with Gasteiger partial charge in [0.05, 0.1) is 0 Å². The van der Waals surface area contributed by atoms with E-state index in [4.69, 9.17) is 4.74 Å². The number of rotatable bonds is 3. The van der Waals surface area contributed by atoms with Gasteiger partial charge in [0, 0.05) is 6.07 Å². The molecule has 1 fully saturated rings. The number of para-hydroxylation sites is 1. The summed E-state index contributed by atoms with van der Waals surface area (Å²) in [5.41, 5.74) is 1.19. The first kappa shape index (κ1) is 13.0. The zero-order valence-electron chi connectivity index (χ0n) is 11.5. The van der Waals surface area contributed by atoms with E-state index >= 15 is 0 Å². The van der Waals surface area contributed by atoms with Crippen molar-refractivity contribution in [3.63, 3.8) is 0 Å². The monoisotopic (exact) mass is 267 g/mol. The van der Waals surface area contributed by atoms with Crippen molar-refractivity contribution in [2.45, 2.75) is 38.0 Å². The van der Waals surface area contributed by atoms with Gasteiger partial charge in [-0.2, -0.15) is 0 Å². The third-order valence-electron chi connectivity index (χ3n) is 4.00. The van der Waals surface area contributed by atoms with Crippen LogP contribution >= 0.6 is 0 Å². The molecule has 0 aliphatic heterocycles. The van der Waals surface area contributed by atoms with Crippen molar-refractivity contribution in [3.8, 4) is 17.2 Å². The summed E-state index contributed by atoms with van der Waals surface area (Å²) in [5.74, 6) is 2.06. The van der Waals surface area contributed by atoms with E-state index in [-0.39, 0.29) is 5.75 Å². The first-order valence-corrected chi connectivity index (χ1v) is 7.37. The number of hydrogen-bond acceptors (Lipinski definition) is 1. The maximum Gasteiger partial charge on any atom is 0.182 e. The molecule has 0 amide bonds. The molecule has 2 aromatic rings. The Bertz CT molecular complexity index is 557. The molecule has 0 bridgehead atoms. The smallest absolute Gasteiger partial charge is 0.182 e. The number of hydrogen-bond donors (Lipinski definition) is 0. The fourth-order valence-electron chi connectivity index (χ4n) is 2.97. The van der Waals surface area contributed by atoms with Crippen molar-refractivity contribution in [1.82, 2.24) is 0 Å². The lowest BCUT2D eigenvalue weighted by Gasteiger charge is -2.24. The fraction of sp³-hybridized carbons (Fsp3) is 0.333. The Kier molecular flexibility index (Phi) is 3.91. The van der Waals surface area contributed by atoms with Crippen LogP contribution in [0.1, 0.15) is 43.6 Å². The molecule has 1 saturated carbocycles. The molecule has 0 N–H and O–H groups in total. The Morgan fingerprint density at radius 2 is 1.65 bits per heavy atom. The number of benzene rings is 2. The summed E-state index contributed by atoms with van der Waals surface area (Å²) in [4.78, 5) is 0. The topological polar surface area (TPSA) is 29.1 Å². The molecule has 1 aliphatic rings. The lowest BCUT2D eigenvalue weighted by molar-refractivity contribution is 0.350. The van der Waals surface area contributed by atoms with Gasteiger partial charge in [-0.15, -0.1) is 0 Å². The van der Waals surface area contributed by atoms with Gasteiger partial charge in [-0.05, 0) is 42.5 Å². The molecule has 0 heterocycles. The van der Waals surface area contributed by atoms with Crippen molar-refractivity contribution >= 4 is 0 Å². The molecule has 0 unspecified atom stereocenters. The molecule has 1 radical (unpaired) electrons. The highest BCUT2D eigenvalue weighted by atomic mass is 16.5. The van der Waals surface area contributed by atoms with Crippen molar-refractivity contribution in [3.05, 3.63) is 54.1 Å². The van der Waals surface area contributed by atoms with Gasteiger partial charge in [-0.1, -0.05) is 43.5 Å². The molecule has 3 rings (SSSR count). The fourth-order valence-corrected chi connectivity index (χ4v) is 2.97. The Labute approximate surface area is 120 Å². The van der Waals surface area contributed by atoms with Crippen molar-refractivity contribution in [2.75, 3.05) is 0 Å². The minimum absolute atomic E-state index is 0.00971. The van der Waals surface area contributed by atoms with Gasteiger partial charge < -0.3 is 4.74 Å². The zero-order valence-corrected chi connectivity index (χ0v) is 11.5. The van der Waals surface area contributed by atoms with Crippen LogP contribution < -0.4 is 4.74 Å². The van der Waals surface area contributed by atoms with E-state index in [9.17, 15) is 5.11 Å². The average Bonchev–Trinajstić information content (AvgIpc) is 2.49. The third-order valence-corrected chi connectivity index (χ3v) is 4.00. The van der Waals surface area contributed by atoms with E-state index in [1.807, 2.05) is 36.4 Å². The van der Waals surface area contributed by atoms with Gasteiger partial charge in [0.2, 0.25) is 0 Å². The van der Waals surface area contributed by atoms with Gasteiger partial charge in [-0.3, -0.25) is 5.11 Å². The first-order valence-electron chi connectivity index (χ1n) is 7.37. The standard InChI is InChI=1S/C18H19O2/c19-15-11-12-17(14-7-3-1-4-8-14)18(13-15)20-16-9-5-2-6-10-16/h2,5-6,9-14H,1,3-4,7-8H2. The second kappa shape index (κ2) is 6.00. The molecule has 2 aromatic carbocycles. The van der Waals surface area contributed by atoms with Crippen LogP contribution in [0.5, 0.6) is 17.2 Å². The van der Waals surface area contributed by atoms with Crippen LogP contribution in [-0.2, 0) is 5.11 Å². The maximum absolute atomic E-state index is 11.6. The van der Waals surface area contributed by atoms with Crippen LogP contribution in [0.3, 0.4) is 0 Å². The molecule has 20 heavy (non-hydrogen) atoms. The van der Waals surface area contributed by atoms with E-state index in [0.29, 0.717) is 5.92 Å². The van der Waals surface area contributed by atoms with Crippen LogP contribution in [-0.4, -0.2) is 0 Å². The Morgan fingerprint density at radius 3 is 2.40 bits per heavy atom. The molecule has 103 valence electrons. The van der Waals surface area contributed by atoms with Gasteiger partial charge in [0.15, 0.2) is 5.75 Å². The van der Waals surface area contributed by atoms with E-state index in [1.165, 1.54) is 37.7 Å². The second-order valence-corrected chi connectivity index (χ2v) is 5.45. The lowest BCUT2D eigenvalue weighted by Crippen LogP contribution is -2.05. The zero-order chi connectivity index (χ0) is 13.8. The van der Waals surface area contributed by atoms with Crippen LogP contribution in [0.2, 0.25) is 0 Å². The van der Waals surface area contributed by atoms with Crippen LogP contribution in [0.15, 0.2) is 48.5 Å². The van der Waals surface area contributed by atoms with Crippen LogP contribution in [0.4, 0.5) is 0 Å². The van der Waals surface area contributed by atoms with Crippen LogP contribution in [0, 0.1) is 0 Å². The minimum atomic E-state index is 0.00971. The van der Waals surface area contributed by atoms with Gasteiger partial charge in [-0.25, -0.2) is 0 Å². The molecular weight excluding hydrogens is 248 g/mol. The Balaban J connectivity index is 1.89. The Morgan fingerprint density at radius 1 is 0.900 bits per heavy atom. The highest BCUT2D eigenvalue weighted by molar-refractivity contribution is 5.44. The van der Waals surface area contributed by atoms with Crippen LogP contribution in [0.25, 0.3) is 0 Å². The van der Waals surface area contributed by atoms with Gasteiger partial charge in [0.25, 0.3) is 0 Å². The lowest BCUT2D eigenvalue weighted by atomic mass is 9.83. The predicted molar refractivity (Wildman–Crippen MR) is 78.9 cm³/mol. The molecule has 2 heteroatoms. The quantitative estimate of drug-likeness (QED) is 0.704. The molecule has 0 aromatic heterocycles. The Hall–Kier alpha value is -1.96. The maximum atomic E-state index is 11.6. The SMILES string of the molecule is [O]c1ccc(C2CCCCC2)c(Oc2ccccc2)c1. The van der Waals surface area contributed by atoms with E-state index in [0.717, 1.165) is 11.5 Å². The summed E-state index contributed by atoms with van der Waals surface area (Å²) >= 11 is 0. The summed E-state index contributed by atoms with van der Waals surface area (Å²) in [7, 11) is 0. The first-order chi connectivity index (χ1) is 9.83. The molecular formula is C18H19O2. The molecule has 2 nitrogen and oxygen atoms in total.